The summed E-state index contributed by atoms with van der Waals surface area (Å²) in [7, 11) is 0. The van der Waals surface area contributed by atoms with Gasteiger partial charge in [-0.1, -0.05) is 29.4 Å². The summed E-state index contributed by atoms with van der Waals surface area (Å²) >= 11 is 0. The number of azide groups is 1. The summed E-state index contributed by atoms with van der Waals surface area (Å²) in [5.41, 5.74) is 11.8. The normalized spacial score (nSPS) is 20.1. The maximum atomic E-state index is 14.3. The van der Waals surface area contributed by atoms with Crippen molar-refractivity contribution in [1.29, 1.82) is 0 Å². The molecule has 0 bridgehead atoms. The number of nitrogens with zero attached hydrogens (tertiary/aromatic N) is 5. The Bertz CT molecular complexity index is 1350. The summed E-state index contributed by atoms with van der Waals surface area (Å²) in [6, 6.07) is 14.4. The average molecular weight is 593 g/mol. The first-order valence-electron chi connectivity index (χ1n) is 14.6. The summed E-state index contributed by atoms with van der Waals surface area (Å²) < 4.78 is 17.8. The van der Waals surface area contributed by atoms with Crippen molar-refractivity contribution in [2.75, 3.05) is 26.3 Å². The summed E-state index contributed by atoms with van der Waals surface area (Å²) in [5, 5.41) is 14.7. The zero-order valence-corrected chi connectivity index (χ0v) is 25.0. The van der Waals surface area contributed by atoms with E-state index in [0.29, 0.717) is 48.6 Å². The van der Waals surface area contributed by atoms with Crippen LogP contribution >= 0.6 is 0 Å². The number of esters is 1. The lowest BCUT2D eigenvalue weighted by atomic mass is 9.82. The number of amides is 1. The smallest absolute Gasteiger partial charge is 0.306 e. The van der Waals surface area contributed by atoms with Crippen LogP contribution < -0.4 is 10.2 Å². The number of aliphatic hydroxyl groups is 1. The molecule has 2 aliphatic heterocycles. The number of hydrazine groups is 1. The van der Waals surface area contributed by atoms with Crippen molar-refractivity contribution in [3.63, 3.8) is 0 Å². The molecule has 1 amide bonds. The second-order valence-corrected chi connectivity index (χ2v) is 11.6. The van der Waals surface area contributed by atoms with Crippen molar-refractivity contribution < 1.29 is 28.9 Å². The molecule has 2 aliphatic rings. The lowest BCUT2D eigenvalue weighted by Gasteiger charge is -2.33. The van der Waals surface area contributed by atoms with Crippen LogP contribution in [-0.4, -0.2) is 65.3 Å². The average Bonchev–Trinajstić information content (AvgIpc) is 3.63. The molecular weight excluding hydrogens is 552 g/mol. The van der Waals surface area contributed by atoms with Crippen LogP contribution in [0, 0.1) is 0 Å². The Balaban J connectivity index is 1.77. The fourth-order valence-corrected chi connectivity index (χ4v) is 5.14. The molecule has 0 saturated carbocycles. The molecule has 2 N–H and O–H groups in total. The van der Waals surface area contributed by atoms with Gasteiger partial charge in [-0.25, -0.2) is 10.0 Å². The Labute approximate surface area is 251 Å². The van der Waals surface area contributed by atoms with Crippen LogP contribution in [0.25, 0.3) is 10.4 Å². The molecule has 43 heavy (non-hydrogen) atoms. The highest BCUT2D eigenvalue weighted by Crippen LogP contribution is 2.44. The zero-order chi connectivity index (χ0) is 30.9. The second-order valence-electron chi connectivity index (χ2n) is 11.6. The summed E-state index contributed by atoms with van der Waals surface area (Å²) in [6.07, 6.45) is 1.47. The molecule has 2 atom stereocenters. The fraction of sp³-hybridized carbons (Fsp3) is 0.516. The van der Waals surface area contributed by atoms with Crippen molar-refractivity contribution >= 4 is 17.8 Å². The number of rotatable bonds is 13. The Morgan fingerprint density at radius 2 is 1.91 bits per heavy atom. The van der Waals surface area contributed by atoms with E-state index in [1.807, 2.05) is 29.3 Å². The Morgan fingerprint density at radius 3 is 2.58 bits per heavy atom. The predicted octanol–water partition coefficient (Wildman–Crippen LogP) is 4.76. The van der Waals surface area contributed by atoms with E-state index in [2.05, 4.69) is 15.5 Å². The molecule has 2 aromatic carbocycles. The first kappa shape index (κ1) is 31.8. The van der Waals surface area contributed by atoms with E-state index < -0.39 is 23.2 Å². The van der Waals surface area contributed by atoms with Crippen LogP contribution in [0.15, 0.2) is 58.6 Å². The molecule has 1 fully saturated rings. The van der Waals surface area contributed by atoms with Gasteiger partial charge in [-0.3, -0.25) is 15.0 Å². The number of aliphatic hydroxyl groups excluding tert-OH is 1. The third-order valence-corrected chi connectivity index (χ3v) is 7.17. The van der Waals surface area contributed by atoms with Gasteiger partial charge in [-0.15, -0.1) is 0 Å². The standard InChI is InChI=1S/C31H40N6O6/c1-30(2,3)43-26(39)15-16-31(29(40)35-37-17-6-7-18-37)27(25-10-5-4-9-23(25)21-33-36-32)42-28(34-31)22-11-13-24(14-12-22)41-20-8-19-38/h4-5,9-14,27,38H,6-8,15-21H2,1-3H3,(H,35,40)/t27-,31-/m0/s1. The molecule has 12 heteroatoms. The van der Waals surface area contributed by atoms with Gasteiger partial charge in [-0.05, 0) is 81.0 Å². The van der Waals surface area contributed by atoms with E-state index in [-0.39, 0.29) is 37.8 Å². The third-order valence-electron chi connectivity index (χ3n) is 7.17. The van der Waals surface area contributed by atoms with E-state index in [0.717, 1.165) is 12.8 Å². The molecule has 0 aliphatic carbocycles. The predicted molar refractivity (Wildman–Crippen MR) is 160 cm³/mol. The monoisotopic (exact) mass is 592 g/mol. The quantitative estimate of drug-likeness (QED) is 0.111. The fourth-order valence-electron chi connectivity index (χ4n) is 5.14. The van der Waals surface area contributed by atoms with Crippen molar-refractivity contribution in [2.24, 2.45) is 10.1 Å². The second kappa shape index (κ2) is 14.4. The molecule has 2 heterocycles. The molecule has 0 unspecified atom stereocenters. The number of ether oxygens (including phenoxy) is 3. The van der Waals surface area contributed by atoms with Gasteiger partial charge in [0.2, 0.25) is 5.90 Å². The summed E-state index contributed by atoms with van der Waals surface area (Å²) in [5.74, 6) is 0.0248. The highest BCUT2D eigenvalue weighted by Gasteiger charge is 2.54. The van der Waals surface area contributed by atoms with E-state index in [9.17, 15) is 9.59 Å². The first-order chi connectivity index (χ1) is 20.6. The summed E-state index contributed by atoms with van der Waals surface area (Å²) in [6.45, 7) is 7.27. The molecule has 4 rings (SSSR count). The minimum atomic E-state index is -1.53. The van der Waals surface area contributed by atoms with Gasteiger partial charge in [0.1, 0.15) is 11.4 Å². The highest BCUT2D eigenvalue weighted by atomic mass is 16.6. The minimum absolute atomic E-state index is 0.0218. The van der Waals surface area contributed by atoms with E-state index >= 15 is 0 Å². The lowest BCUT2D eigenvalue weighted by molar-refractivity contribution is -0.155. The van der Waals surface area contributed by atoms with Crippen molar-refractivity contribution in [3.05, 3.63) is 75.7 Å². The molecule has 12 nitrogen and oxygen atoms in total. The maximum absolute atomic E-state index is 14.3. The number of benzene rings is 2. The van der Waals surface area contributed by atoms with Crippen LogP contribution in [0.1, 0.15) is 75.7 Å². The van der Waals surface area contributed by atoms with Crippen LogP contribution in [0.3, 0.4) is 0 Å². The Morgan fingerprint density at radius 1 is 1.19 bits per heavy atom. The van der Waals surface area contributed by atoms with Crippen molar-refractivity contribution in [1.82, 2.24) is 10.4 Å². The van der Waals surface area contributed by atoms with E-state index in [1.165, 1.54) is 0 Å². The van der Waals surface area contributed by atoms with Gasteiger partial charge >= 0.3 is 5.97 Å². The summed E-state index contributed by atoms with van der Waals surface area (Å²) in [4.78, 5) is 35.1. The first-order valence-corrected chi connectivity index (χ1v) is 14.6. The lowest BCUT2D eigenvalue weighted by Crippen LogP contribution is -2.53. The number of hydrogen-bond donors (Lipinski definition) is 2. The number of aliphatic imine (C=N–C) groups is 1. The minimum Gasteiger partial charge on any atom is -0.494 e. The maximum Gasteiger partial charge on any atom is 0.306 e. The van der Waals surface area contributed by atoms with E-state index in [1.54, 1.807) is 45.0 Å². The van der Waals surface area contributed by atoms with Gasteiger partial charge in [-0.2, -0.15) is 0 Å². The van der Waals surface area contributed by atoms with Crippen molar-refractivity contribution in [3.8, 4) is 5.75 Å². The largest absolute Gasteiger partial charge is 0.494 e. The molecule has 0 aromatic heterocycles. The van der Waals surface area contributed by atoms with Crippen LogP contribution in [0.4, 0.5) is 0 Å². The topological polar surface area (TPSA) is 158 Å². The molecular formula is C31H40N6O6. The van der Waals surface area contributed by atoms with E-state index in [4.69, 9.17) is 29.8 Å². The Hall–Kier alpha value is -4.12. The molecule has 2 aromatic rings. The zero-order valence-electron chi connectivity index (χ0n) is 25.0. The number of carbonyl (C=O) groups excluding carboxylic acids is 2. The van der Waals surface area contributed by atoms with Crippen LogP contribution in [0.2, 0.25) is 0 Å². The van der Waals surface area contributed by atoms with Gasteiger partial charge in [0.25, 0.3) is 5.91 Å². The molecule has 230 valence electrons. The van der Waals surface area contributed by atoms with Crippen LogP contribution in [-0.2, 0) is 25.6 Å². The van der Waals surface area contributed by atoms with Gasteiger partial charge in [0, 0.05) is 43.0 Å². The molecule has 1 saturated heterocycles. The van der Waals surface area contributed by atoms with Gasteiger partial charge < -0.3 is 19.3 Å². The molecule has 0 radical (unpaired) electrons. The highest BCUT2D eigenvalue weighted by molar-refractivity contribution is 6.01. The molecule has 0 spiro atoms. The Kier molecular flexibility index (Phi) is 10.6. The third kappa shape index (κ3) is 8.25. The number of hydrogen-bond acceptors (Lipinski definition) is 9. The SMILES string of the molecule is CC(C)(C)OC(=O)CC[C@]1(C(=O)NN2CCCC2)N=C(c2ccc(OCCCO)cc2)O[C@H]1c1ccccc1CN=[N+]=[N-]. The van der Waals surface area contributed by atoms with Crippen LogP contribution in [0.5, 0.6) is 5.75 Å². The number of nitrogens with one attached hydrogen (secondary N) is 1. The van der Waals surface area contributed by atoms with Gasteiger partial charge in [0.05, 0.1) is 13.2 Å². The van der Waals surface area contributed by atoms with Crippen molar-refractivity contribution in [2.45, 2.75) is 76.7 Å². The van der Waals surface area contributed by atoms with Gasteiger partial charge in [0.15, 0.2) is 11.6 Å². The number of carbonyl (C=O) groups is 2.